The zero-order valence-corrected chi connectivity index (χ0v) is 16.2. The van der Waals surface area contributed by atoms with Gasteiger partial charge in [-0.15, -0.1) is 12.4 Å². The third-order valence-corrected chi connectivity index (χ3v) is 4.28. The first kappa shape index (κ1) is 22.1. The van der Waals surface area contributed by atoms with E-state index >= 15 is 0 Å². The van der Waals surface area contributed by atoms with Crippen LogP contribution in [0, 0.1) is 0 Å². The van der Waals surface area contributed by atoms with Gasteiger partial charge >= 0.3 is 0 Å². The largest absolute Gasteiger partial charge is 0.493 e. The average Bonchev–Trinajstić information content (AvgIpc) is 2.66. The van der Waals surface area contributed by atoms with Gasteiger partial charge in [-0.1, -0.05) is 0 Å². The number of methoxy groups -OCH3 is 2. The predicted octanol–water partition coefficient (Wildman–Crippen LogP) is 2.43. The molecule has 2 amide bonds. The van der Waals surface area contributed by atoms with Crippen molar-refractivity contribution in [3.05, 3.63) is 17.7 Å². The van der Waals surface area contributed by atoms with Crippen molar-refractivity contribution in [2.75, 3.05) is 39.2 Å². The second kappa shape index (κ2) is 10.9. The Kier molecular flexibility index (Phi) is 9.23. The molecule has 0 spiro atoms. The second-order valence-electron chi connectivity index (χ2n) is 6.05. The first-order valence-corrected chi connectivity index (χ1v) is 8.66. The number of benzene rings is 1. The van der Waals surface area contributed by atoms with E-state index in [1.54, 1.807) is 12.1 Å². The maximum atomic E-state index is 12.9. The Bertz CT molecular complexity index is 619. The van der Waals surface area contributed by atoms with E-state index in [9.17, 15) is 9.59 Å². The van der Waals surface area contributed by atoms with Crippen LogP contribution in [-0.4, -0.2) is 50.6 Å². The van der Waals surface area contributed by atoms with Crippen LogP contribution in [0.3, 0.4) is 0 Å². The molecule has 0 aliphatic carbocycles. The number of nitrogens with two attached hydrogens (primary N) is 1. The van der Waals surface area contributed by atoms with Gasteiger partial charge in [0, 0.05) is 25.6 Å². The zero-order chi connectivity index (χ0) is 18.2. The zero-order valence-electron chi connectivity index (χ0n) is 15.4. The van der Waals surface area contributed by atoms with Crippen LogP contribution in [0.25, 0.3) is 0 Å². The standard InChI is InChI=1S/C18H27N3O4.ClH/c1-24-15-11-13(18(23)21-9-4-3-5-10-21)14(12-16(15)25-2)20-17(22)7-6-8-19;/h11-12H,3-10,19H2,1-2H3,(H,20,22);1H. The van der Waals surface area contributed by atoms with Gasteiger partial charge in [0.2, 0.25) is 5.91 Å². The monoisotopic (exact) mass is 385 g/mol. The highest BCUT2D eigenvalue weighted by atomic mass is 35.5. The topological polar surface area (TPSA) is 93.9 Å². The Morgan fingerprint density at radius 3 is 2.31 bits per heavy atom. The molecule has 0 atom stereocenters. The Labute approximate surface area is 160 Å². The molecule has 1 aromatic carbocycles. The summed E-state index contributed by atoms with van der Waals surface area (Å²) in [6, 6.07) is 3.27. The number of carbonyl (C=O) groups is 2. The summed E-state index contributed by atoms with van der Waals surface area (Å²) in [5.74, 6) is 0.648. The third-order valence-electron chi connectivity index (χ3n) is 4.28. The van der Waals surface area contributed by atoms with Crippen molar-refractivity contribution in [2.24, 2.45) is 5.73 Å². The summed E-state index contributed by atoms with van der Waals surface area (Å²) < 4.78 is 10.6. The molecule has 1 fully saturated rings. The lowest BCUT2D eigenvalue weighted by atomic mass is 10.1. The minimum atomic E-state index is -0.176. The van der Waals surface area contributed by atoms with Crippen LogP contribution >= 0.6 is 12.4 Å². The van der Waals surface area contributed by atoms with E-state index in [0.717, 1.165) is 32.4 Å². The number of carbonyl (C=O) groups excluding carboxylic acids is 2. The minimum absolute atomic E-state index is 0. The smallest absolute Gasteiger partial charge is 0.256 e. The summed E-state index contributed by atoms with van der Waals surface area (Å²) >= 11 is 0. The molecule has 26 heavy (non-hydrogen) atoms. The number of hydrogen-bond acceptors (Lipinski definition) is 5. The van der Waals surface area contributed by atoms with Crippen LogP contribution in [0.2, 0.25) is 0 Å². The number of rotatable bonds is 7. The lowest BCUT2D eigenvalue weighted by Crippen LogP contribution is -2.36. The molecule has 8 heteroatoms. The maximum absolute atomic E-state index is 12.9. The highest BCUT2D eigenvalue weighted by Gasteiger charge is 2.24. The van der Waals surface area contributed by atoms with Gasteiger partial charge in [-0.3, -0.25) is 9.59 Å². The van der Waals surface area contributed by atoms with E-state index in [2.05, 4.69) is 5.32 Å². The maximum Gasteiger partial charge on any atom is 0.256 e. The van der Waals surface area contributed by atoms with Crippen molar-refractivity contribution in [1.82, 2.24) is 4.90 Å². The molecule has 1 saturated heterocycles. The molecule has 1 aliphatic heterocycles. The number of likely N-dealkylation sites (tertiary alicyclic amines) is 1. The fourth-order valence-corrected chi connectivity index (χ4v) is 2.90. The number of ether oxygens (including phenoxy) is 2. The lowest BCUT2D eigenvalue weighted by molar-refractivity contribution is -0.116. The summed E-state index contributed by atoms with van der Waals surface area (Å²) in [5.41, 5.74) is 6.31. The van der Waals surface area contributed by atoms with Crippen molar-refractivity contribution in [1.29, 1.82) is 0 Å². The fraction of sp³-hybridized carbons (Fsp3) is 0.556. The summed E-state index contributed by atoms with van der Waals surface area (Å²) in [6.45, 7) is 1.90. The molecule has 1 aromatic rings. The highest BCUT2D eigenvalue weighted by molar-refractivity contribution is 6.04. The van der Waals surface area contributed by atoms with Gasteiger partial charge in [0.1, 0.15) is 0 Å². The molecule has 0 bridgehead atoms. The molecule has 2 rings (SSSR count). The van der Waals surface area contributed by atoms with Gasteiger partial charge in [0.05, 0.1) is 25.5 Å². The minimum Gasteiger partial charge on any atom is -0.493 e. The number of hydrogen-bond donors (Lipinski definition) is 2. The normalized spacial score (nSPS) is 13.6. The van der Waals surface area contributed by atoms with E-state index in [1.165, 1.54) is 14.2 Å². The highest BCUT2D eigenvalue weighted by Crippen LogP contribution is 2.34. The van der Waals surface area contributed by atoms with Crippen molar-refractivity contribution >= 4 is 29.9 Å². The van der Waals surface area contributed by atoms with Crippen molar-refractivity contribution in [3.63, 3.8) is 0 Å². The van der Waals surface area contributed by atoms with Crippen LogP contribution in [0.1, 0.15) is 42.5 Å². The summed E-state index contributed by atoms with van der Waals surface area (Å²) in [6.07, 6.45) is 4.03. The molecular formula is C18H28ClN3O4. The lowest BCUT2D eigenvalue weighted by Gasteiger charge is -2.28. The molecule has 1 heterocycles. The van der Waals surface area contributed by atoms with E-state index in [-0.39, 0.29) is 24.2 Å². The van der Waals surface area contributed by atoms with Crippen molar-refractivity contribution < 1.29 is 19.1 Å². The number of amides is 2. The van der Waals surface area contributed by atoms with E-state index in [4.69, 9.17) is 15.2 Å². The second-order valence-corrected chi connectivity index (χ2v) is 6.05. The van der Waals surface area contributed by atoms with Gasteiger partial charge in [-0.2, -0.15) is 0 Å². The predicted molar refractivity (Wildman–Crippen MR) is 103 cm³/mol. The van der Waals surface area contributed by atoms with Crippen LogP contribution in [0.4, 0.5) is 5.69 Å². The van der Waals surface area contributed by atoms with Crippen LogP contribution < -0.4 is 20.5 Å². The molecule has 0 unspecified atom stereocenters. The molecule has 0 aromatic heterocycles. The molecule has 0 saturated carbocycles. The Morgan fingerprint density at radius 1 is 1.12 bits per heavy atom. The van der Waals surface area contributed by atoms with Gasteiger partial charge in [0.15, 0.2) is 11.5 Å². The van der Waals surface area contributed by atoms with Crippen LogP contribution in [0.15, 0.2) is 12.1 Å². The summed E-state index contributed by atoms with van der Waals surface area (Å²) in [7, 11) is 3.04. The summed E-state index contributed by atoms with van der Waals surface area (Å²) in [5, 5.41) is 2.81. The van der Waals surface area contributed by atoms with Gasteiger partial charge in [0.25, 0.3) is 5.91 Å². The third kappa shape index (κ3) is 5.51. The molecule has 0 radical (unpaired) electrons. The number of nitrogens with zero attached hydrogens (tertiary/aromatic N) is 1. The fourth-order valence-electron chi connectivity index (χ4n) is 2.90. The van der Waals surface area contributed by atoms with Gasteiger partial charge in [-0.05, 0) is 38.3 Å². The molecular weight excluding hydrogens is 358 g/mol. The van der Waals surface area contributed by atoms with E-state index < -0.39 is 0 Å². The van der Waals surface area contributed by atoms with Crippen LogP contribution in [-0.2, 0) is 4.79 Å². The first-order valence-electron chi connectivity index (χ1n) is 8.66. The van der Waals surface area contributed by atoms with E-state index in [0.29, 0.717) is 42.1 Å². The number of anilines is 1. The SMILES string of the molecule is COc1cc(NC(=O)CCCN)c(C(=O)N2CCCCC2)cc1OC.Cl. The van der Waals surface area contributed by atoms with E-state index in [1.807, 2.05) is 4.90 Å². The Morgan fingerprint density at radius 2 is 1.73 bits per heavy atom. The van der Waals surface area contributed by atoms with Crippen molar-refractivity contribution in [3.8, 4) is 11.5 Å². The van der Waals surface area contributed by atoms with Crippen molar-refractivity contribution in [2.45, 2.75) is 32.1 Å². The average molecular weight is 386 g/mol. The number of piperidine rings is 1. The summed E-state index contributed by atoms with van der Waals surface area (Å²) in [4.78, 5) is 26.9. The number of halogens is 1. The Hall–Kier alpha value is -1.99. The van der Waals surface area contributed by atoms with Gasteiger partial charge < -0.3 is 25.4 Å². The van der Waals surface area contributed by atoms with Crippen LogP contribution in [0.5, 0.6) is 11.5 Å². The quantitative estimate of drug-likeness (QED) is 0.751. The Balaban J connectivity index is 0.00000338. The van der Waals surface area contributed by atoms with Gasteiger partial charge in [-0.25, -0.2) is 0 Å². The molecule has 1 aliphatic rings. The number of nitrogens with one attached hydrogen (secondary N) is 1. The first-order chi connectivity index (χ1) is 12.1. The molecule has 3 N–H and O–H groups in total. The molecule has 7 nitrogen and oxygen atoms in total. The molecule has 146 valence electrons.